The highest BCUT2D eigenvalue weighted by Crippen LogP contribution is 2.27. The molecule has 0 saturated carbocycles. The van der Waals surface area contributed by atoms with Crippen molar-refractivity contribution < 1.29 is 4.79 Å². The van der Waals surface area contributed by atoms with Crippen LogP contribution in [-0.2, 0) is 13.1 Å². The van der Waals surface area contributed by atoms with E-state index in [1.165, 1.54) is 10.9 Å². The average Bonchev–Trinajstić information content (AvgIpc) is 3.06. The van der Waals surface area contributed by atoms with Crippen LogP contribution in [0.1, 0.15) is 32.8 Å². The van der Waals surface area contributed by atoms with Gasteiger partial charge in [-0.15, -0.1) is 0 Å². The van der Waals surface area contributed by atoms with Crippen LogP contribution >= 0.6 is 23.2 Å². The number of fused-ring (bicyclic) bond motifs is 1. The SMILES string of the molecule is CCC(C)N(Cc1cn(CC)c2ccccc12)C(=O)Nc1ccc(Cl)c(Cl)c1. The lowest BCUT2D eigenvalue weighted by atomic mass is 10.1. The summed E-state index contributed by atoms with van der Waals surface area (Å²) in [7, 11) is 0. The molecule has 3 aromatic rings. The molecule has 0 aliphatic heterocycles. The number of hydrogen-bond donors (Lipinski definition) is 1. The molecule has 148 valence electrons. The van der Waals surface area contributed by atoms with Gasteiger partial charge in [-0.2, -0.15) is 0 Å². The molecule has 2 amide bonds. The third-order valence-corrected chi connectivity index (χ3v) is 5.85. The number of hydrogen-bond acceptors (Lipinski definition) is 1. The topological polar surface area (TPSA) is 37.3 Å². The molecule has 0 spiro atoms. The van der Waals surface area contributed by atoms with E-state index in [-0.39, 0.29) is 12.1 Å². The summed E-state index contributed by atoms with van der Waals surface area (Å²) in [5.74, 6) is 0. The lowest BCUT2D eigenvalue weighted by molar-refractivity contribution is 0.187. The minimum atomic E-state index is -0.152. The van der Waals surface area contributed by atoms with Crippen molar-refractivity contribution in [2.24, 2.45) is 0 Å². The van der Waals surface area contributed by atoms with E-state index in [1.54, 1.807) is 18.2 Å². The molecule has 1 atom stereocenters. The minimum absolute atomic E-state index is 0.0894. The Morgan fingerprint density at radius 1 is 1.14 bits per heavy atom. The van der Waals surface area contributed by atoms with E-state index in [0.29, 0.717) is 22.3 Å². The van der Waals surface area contributed by atoms with Crippen LogP contribution in [0.15, 0.2) is 48.7 Å². The van der Waals surface area contributed by atoms with Gasteiger partial charge in [0, 0.05) is 41.9 Å². The molecule has 0 saturated heterocycles. The Balaban J connectivity index is 1.88. The number of halogens is 2. The molecule has 0 radical (unpaired) electrons. The highest BCUT2D eigenvalue weighted by molar-refractivity contribution is 6.42. The Labute approximate surface area is 176 Å². The van der Waals surface area contributed by atoms with Crippen LogP contribution in [0.4, 0.5) is 10.5 Å². The molecule has 28 heavy (non-hydrogen) atoms. The molecule has 0 aliphatic carbocycles. The van der Waals surface area contributed by atoms with Gasteiger partial charge in [-0.05, 0) is 50.1 Å². The van der Waals surface area contributed by atoms with Crippen LogP contribution < -0.4 is 5.32 Å². The number of aryl methyl sites for hydroxylation is 1. The number of anilines is 1. The number of aromatic nitrogens is 1. The van der Waals surface area contributed by atoms with Gasteiger partial charge in [0.15, 0.2) is 0 Å². The average molecular weight is 418 g/mol. The first-order valence-electron chi connectivity index (χ1n) is 9.54. The van der Waals surface area contributed by atoms with Crippen LogP contribution in [0.5, 0.6) is 0 Å². The Morgan fingerprint density at radius 3 is 2.57 bits per heavy atom. The summed E-state index contributed by atoms with van der Waals surface area (Å²) >= 11 is 12.1. The Hall–Kier alpha value is -2.17. The molecule has 2 aromatic carbocycles. The summed E-state index contributed by atoms with van der Waals surface area (Å²) in [4.78, 5) is 14.9. The lowest BCUT2D eigenvalue weighted by Crippen LogP contribution is -2.40. The Morgan fingerprint density at radius 2 is 1.89 bits per heavy atom. The fourth-order valence-electron chi connectivity index (χ4n) is 3.31. The van der Waals surface area contributed by atoms with Gasteiger partial charge in [0.05, 0.1) is 10.0 Å². The number of benzene rings is 2. The number of amides is 2. The number of nitrogens with one attached hydrogen (secondary N) is 1. The molecule has 1 heterocycles. The number of nitrogens with zero attached hydrogens (tertiary/aromatic N) is 2. The van der Waals surface area contributed by atoms with E-state index in [1.807, 2.05) is 17.0 Å². The van der Waals surface area contributed by atoms with Gasteiger partial charge >= 0.3 is 6.03 Å². The maximum atomic E-state index is 13.1. The van der Waals surface area contributed by atoms with Crippen LogP contribution in [0.3, 0.4) is 0 Å². The van der Waals surface area contributed by atoms with E-state index in [9.17, 15) is 4.79 Å². The first kappa shape index (κ1) is 20.6. The fourth-order valence-corrected chi connectivity index (χ4v) is 3.61. The maximum absolute atomic E-state index is 13.1. The van der Waals surface area contributed by atoms with Crippen molar-refractivity contribution in [3.8, 4) is 0 Å². The summed E-state index contributed by atoms with van der Waals surface area (Å²) in [6.07, 6.45) is 3.01. The number of carbonyl (C=O) groups excluding carboxylic acids is 1. The third kappa shape index (κ3) is 4.29. The number of carbonyl (C=O) groups is 1. The van der Waals surface area contributed by atoms with Crippen molar-refractivity contribution in [3.05, 3.63) is 64.3 Å². The monoisotopic (exact) mass is 417 g/mol. The predicted molar refractivity (Wildman–Crippen MR) is 118 cm³/mol. The molecule has 1 aromatic heterocycles. The highest BCUT2D eigenvalue weighted by atomic mass is 35.5. The molecule has 6 heteroatoms. The van der Waals surface area contributed by atoms with Gasteiger partial charge in [0.25, 0.3) is 0 Å². The van der Waals surface area contributed by atoms with E-state index in [4.69, 9.17) is 23.2 Å². The van der Waals surface area contributed by atoms with Crippen molar-refractivity contribution in [1.29, 1.82) is 0 Å². The highest BCUT2D eigenvalue weighted by Gasteiger charge is 2.21. The second-order valence-corrected chi connectivity index (χ2v) is 7.72. The van der Waals surface area contributed by atoms with E-state index in [2.05, 4.69) is 49.0 Å². The number of urea groups is 1. The lowest BCUT2D eigenvalue weighted by Gasteiger charge is -2.28. The van der Waals surface area contributed by atoms with Crippen molar-refractivity contribution in [2.45, 2.75) is 46.3 Å². The van der Waals surface area contributed by atoms with Crippen LogP contribution in [0.2, 0.25) is 10.0 Å². The second kappa shape index (κ2) is 8.89. The van der Waals surface area contributed by atoms with Crippen molar-refractivity contribution >= 4 is 45.8 Å². The summed E-state index contributed by atoms with van der Waals surface area (Å²) < 4.78 is 2.22. The minimum Gasteiger partial charge on any atom is -0.347 e. The fraction of sp³-hybridized carbons (Fsp3) is 0.318. The van der Waals surface area contributed by atoms with E-state index in [0.717, 1.165) is 18.5 Å². The molecule has 0 bridgehead atoms. The first-order chi connectivity index (χ1) is 13.4. The largest absolute Gasteiger partial charge is 0.347 e. The normalized spacial score (nSPS) is 12.2. The summed E-state index contributed by atoms with van der Waals surface area (Å²) in [5, 5.41) is 5.01. The maximum Gasteiger partial charge on any atom is 0.322 e. The van der Waals surface area contributed by atoms with Crippen LogP contribution in [0, 0.1) is 0 Å². The molecule has 1 N–H and O–H groups in total. The van der Waals surface area contributed by atoms with Gasteiger partial charge in [0.1, 0.15) is 0 Å². The predicted octanol–water partition coefficient (Wildman–Crippen LogP) is 6.80. The molecular weight excluding hydrogens is 393 g/mol. The van der Waals surface area contributed by atoms with Crippen LogP contribution in [-0.4, -0.2) is 21.5 Å². The Bertz CT molecular complexity index is 983. The standard InChI is InChI=1S/C22H25Cl2N3O/c1-4-15(3)27(22(28)25-17-10-11-19(23)20(24)12-17)14-16-13-26(5-2)21-9-7-6-8-18(16)21/h6-13,15H,4-5,14H2,1-3H3,(H,25,28). The smallest absolute Gasteiger partial charge is 0.322 e. The molecule has 4 nitrogen and oxygen atoms in total. The van der Waals surface area contributed by atoms with Gasteiger partial charge in [0.2, 0.25) is 0 Å². The summed E-state index contributed by atoms with van der Waals surface area (Å²) in [6.45, 7) is 7.70. The molecule has 1 unspecified atom stereocenters. The van der Waals surface area contributed by atoms with Crippen molar-refractivity contribution in [3.63, 3.8) is 0 Å². The molecule has 0 fully saturated rings. The third-order valence-electron chi connectivity index (χ3n) is 5.11. The number of para-hydroxylation sites is 1. The van der Waals surface area contributed by atoms with E-state index < -0.39 is 0 Å². The summed E-state index contributed by atoms with van der Waals surface area (Å²) in [5.41, 5.74) is 2.96. The van der Waals surface area contributed by atoms with Gasteiger partial charge in [-0.1, -0.05) is 48.3 Å². The van der Waals surface area contributed by atoms with Gasteiger partial charge in [-0.3, -0.25) is 0 Å². The zero-order chi connectivity index (χ0) is 20.3. The van der Waals surface area contributed by atoms with Gasteiger partial charge < -0.3 is 14.8 Å². The number of rotatable bonds is 6. The molecule has 0 aliphatic rings. The first-order valence-corrected chi connectivity index (χ1v) is 10.3. The second-order valence-electron chi connectivity index (χ2n) is 6.90. The molecule has 3 rings (SSSR count). The van der Waals surface area contributed by atoms with Crippen molar-refractivity contribution in [1.82, 2.24) is 9.47 Å². The van der Waals surface area contributed by atoms with Crippen molar-refractivity contribution in [2.75, 3.05) is 5.32 Å². The van der Waals surface area contributed by atoms with Gasteiger partial charge in [-0.25, -0.2) is 4.79 Å². The molecular formula is C22H25Cl2N3O. The van der Waals surface area contributed by atoms with E-state index >= 15 is 0 Å². The summed E-state index contributed by atoms with van der Waals surface area (Å²) in [6, 6.07) is 13.4. The zero-order valence-electron chi connectivity index (χ0n) is 16.4. The quantitative estimate of drug-likeness (QED) is 0.470. The van der Waals surface area contributed by atoms with Crippen LogP contribution in [0.25, 0.3) is 10.9 Å². The zero-order valence-corrected chi connectivity index (χ0v) is 17.9. The Kier molecular flexibility index (Phi) is 6.53.